The van der Waals surface area contributed by atoms with Gasteiger partial charge >= 0.3 is 0 Å². The minimum atomic E-state index is 0.821. The average molecular weight is 361 g/mol. The van der Waals surface area contributed by atoms with Crippen LogP contribution in [0.3, 0.4) is 0 Å². The van der Waals surface area contributed by atoms with Gasteiger partial charge in [-0.1, -0.05) is 84.4 Å². The molecule has 0 radical (unpaired) electrons. The number of halogens is 1. The van der Waals surface area contributed by atoms with Gasteiger partial charge in [-0.05, 0) is 65.3 Å². The smallest absolute Gasteiger partial charge is 0.0485 e. The lowest BCUT2D eigenvalue weighted by molar-refractivity contribution is 1.79. The normalized spacial score (nSPS) is 12.6. The molecule has 0 bridgehead atoms. The van der Waals surface area contributed by atoms with Crippen LogP contribution in [0.5, 0.6) is 0 Å². The first-order valence-corrected chi connectivity index (χ1v) is 9.61. The van der Waals surface area contributed by atoms with E-state index in [0.717, 1.165) is 10.4 Å². The molecule has 0 atom stereocenters. The van der Waals surface area contributed by atoms with Crippen LogP contribution >= 0.6 is 11.6 Å². The Hall–Kier alpha value is -3.09. The first kappa shape index (κ1) is 14.0. The van der Waals surface area contributed by atoms with Crippen molar-refractivity contribution in [3.05, 3.63) is 83.9 Å². The minimum Gasteiger partial charge on any atom is -0.0837 e. The van der Waals surface area contributed by atoms with Crippen LogP contribution in [0.2, 0.25) is 5.02 Å². The Morgan fingerprint density at radius 1 is 0.370 bits per heavy atom. The van der Waals surface area contributed by atoms with Crippen LogP contribution in [-0.2, 0) is 0 Å². The molecule has 0 saturated heterocycles. The summed E-state index contributed by atoms with van der Waals surface area (Å²) < 4.78 is 0. The van der Waals surface area contributed by atoms with Gasteiger partial charge in [-0.3, -0.25) is 0 Å². The zero-order valence-corrected chi connectivity index (χ0v) is 15.1. The summed E-state index contributed by atoms with van der Waals surface area (Å²) in [5, 5.41) is 16.5. The lowest BCUT2D eigenvalue weighted by Gasteiger charge is -2.18. The Morgan fingerprint density at radius 3 is 1.44 bits per heavy atom. The monoisotopic (exact) mass is 360 g/mol. The number of benzene rings is 7. The standard InChI is InChI=1S/C26H13Cl/c27-22-13-7-16-6-10-19-17-8-4-14-2-1-3-15-5-9-18(25(17)23(14)15)20-11-12-21(22)24(16)26(19)20/h1-13H. The second-order valence-electron chi connectivity index (χ2n) is 7.47. The van der Waals surface area contributed by atoms with Gasteiger partial charge in [0.15, 0.2) is 0 Å². The summed E-state index contributed by atoms with van der Waals surface area (Å²) in [6.07, 6.45) is 0. The molecule has 0 fully saturated rings. The summed E-state index contributed by atoms with van der Waals surface area (Å²) in [7, 11) is 0. The first-order valence-electron chi connectivity index (χ1n) is 9.24. The van der Waals surface area contributed by atoms with Gasteiger partial charge in [-0.25, -0.2) is 0 Å². The third-order valence-corrected chi connectivity index (χ3v) is 6.55. The van der Waals surface area contributed by atoms with Crippen molar-refractivity contribution in [2.75, 3.05) is 0 Å². The van der Waals surface area contributed by atoms with E-state index >= 15 is 0 Å². The van der Waals surface area contributed by atoms with Gasteiger partial charge in [0.1, 0.15) is 0 Å². The second-order valence-corrected chi connectivity index (χ2v) is 7.88. The molecule has 0 saturated carbocycles. The molecule has 0 spiro atoms. The van der Waals surface area contributed by atoms with Crippen molar-refractivity contribution in [1.82, 2.24) is 0 Å². The fraction of sp³-hybridized carbons (Fsp3) is 0. The SMILES string of the molecule is Clc1ccc2ccc3c4ccc5cccc6ccc(c7ccc1c2c37)c4c56. The fourth-order valence-corrected chi connectivity index (χ4v) is 5.31. The number of fused-ring (bicyclic) bond motifs is 2. The van der Waals surface area contributed by atoms with Gasteiger partial charge in [0.25, 0.3) is 0 Å². The zero-order valence-electron chi connectivity index (χ0n) is 14.4. The molecule has 0 heterocycles. The molecule has 0 N–H and O–H groups in total. The van der Waals surface area contributed by atoms with Crippen LogP contribution < -0.4 is 0 Å². The van der Waals surface area contributed by atoms with E-state index in [1.54, 1.807) is 0 Å². The van der Waals surface area contributed by atoms with E-state index in [1.165, 1.54) is 59.2 Å². The van der Waals surface area contributed by atoms with E-state index in [2.05, 4.69) is 72.8 Å². The molecule has 7 aromatic rings. The van der Waals surface area contributed by atoms with Crippen molar-refractivity contribution in [2.45, 2.75) is 0 Å². The second kappa shape index (κ2) is 4.60. The van der Waals surface area contributed by atoms with Crippen LogP contribution in [0.4, 0.5) is 0 Å². The number of rotatable bonds is 0. The third-order valence-electron chi connectivity index (χ3n) is 6.22. The van der Waals surface area contributed by atoms with E-state index in [4.69, 9.17) is 11.6 Å². The maximum Gasteiger partial charge on any atom is 0.0485 e. The minimum absolute atomic E-state index is 0.821. The molecule has 124 valence electrons. The summed E-state index contributed by atoms with van der Waals surface area (Å²) in [5.41, 5.74) is 0. The molecule has 7 rings (SSSR count). The van der Waals surface area contributed by atoms with Crippen molar-refractivity contribution in [1.29, 1.82) is 0 Å². The van der Waals surface area contributed by atoms with Crippen LogP contribution in [-0.4, -0.2) is 0 Å². The van der Waals surface area contributed by atoms with Gasteiger partial charge in [0, 0.05) is 10.4 Å². The van der Waals surface area contributed by atoms with Gasteiger partial charge in [-0.15, -0.1) is 0 Å². The quantitative estimate of drug-likeness (QED) is 0.189. The highest BCUT2D eigenvalue weighted by Gasteiger charge is 2.17. The maximum absolute atomic E-state index is 6.55. The summed E-state index contributed by atoms with van der Waals surface area (Å²) in [4.78, 5) is 0. The van der Waals surface area contributed by atoms with Crippen molar-refractivity contribution in [3.8, 4) is 0 Å². The molecule has 0 unspecified atom stereocenters. The Morgan fingerprint density at radius 2 is 0.815 bits per heavy atom. The average Bonchev–Trinajstić information content (AvgIpc) is 2.72. The Kier molecular flexibility index (Phi) is 2.39. The van der Waals surface area contributed by atoms with Crippen LogP contribution in [0.15, 0.2) is 78.9 Å². The van der Waals surface area contributed by atoms with E-state index < -0.39 is 0 Å². The summed E-state index contributed by atoms with van der Waals surface area (Å²) in [6.45, 7) is 0. The predicted octanol–water partition coefficient (Wildman–Crippen LogP) is 8.13. The molecular formula is C26H13Cl. The van der Waals surface area contributed by atoms with E-state index in [0.29, 0.717) is 0 Å². The van der Waals surface area contributed by atoms with E-state index in [1.807, 2.05) is 6.07 Å². The van der Waals surface area contributed by atoms with E-state index in [-0.39, 0.29) is 0 Å². The van der Waals surface area contributed by atoms with Gasteiger partial charge < -0.3 is 0 Å². The lowest BCUT2D eigenvalue weighted by atomic mass is 9.85. The van der Waals surface area contributed by atoms with Gasteiger partial charge in [-0.2, -0.15) is 0 Å². The first-order chi connectivity index (χ1) is 13.3. The Bertz CT molecular complexity index is 1610. The van der Waals surface area contributed by atoms with Crippen LogP contribution in [0.1, 0.15) is 0 Å². The molecule has 0 aliphatic heterocycles. The molecule has 27 heavy (non-hydrogen) atoms. The molecule has 0 amide bonds. The summed E-state index contributed by atoms with van der Waals surface area (Å²) in [5.74, 6) is 0. The Labute approximate surface area is 160 Å². The zero-order chi connectivity index (χ0) is 17.7. The predicted molar refractivity (Wildman–Crippen MR) is 119 cm³/mol. The number of hydrogen-bond donors (Lipinski definition) is 0. The molecule has 1 heteroatoms. The summed E-state index contributed by atoms with van der Waals surface area (Å²) in [6, 6.07) is 28.8. The fourth-order valence-electron chi connectivity index (χ4n) is 5.09. The molecule has 7 aromatic carbocycles. The van der Waals surface area contributed by atoms with Crippen molar-refractivity contribution in [2.24, 2.45) is 0 Å². The third kappa shape index (κ3) is 1.57. The maximum atomic E-state index is 6.55. The lowest BCUT2D eigenvalue weighted by Crippen LogP contribution is -1.90. The Balaban J connectivity index is 1.92. The van der Waals surface area contributed by atoms with Crippen molar-refractivity contribution < 1.29 is 0 Å². The number of hydrogen-bond acceptors (Lipinski definition) is 0. The molecule has 0 nitrogen and oxygen atoms in total. The highest BCUT2D eigenvalue weighted by molar-refractivity contribution is 6.43. The largest absolute Gasteiger partial charge is 0.0837 e. The van der Waals surface area contributed by atoms with Crippen molar-refractivity contribution >= 4 is 76.2 Å². The highest BCUT2D eigenvalue weighted by atomic mass is 35.5. The highest BCUT2D eigenvalue weighted by Crippen LogP contribution is 2.45. The van der Waals surface area contributed by atoms with Gasteiger partial charge in [0.05, 0.1) is 0 Å². The molecular weight excluding hydrogens is 348 g/mol. The van der Waals surface area contributed by atoms with Crippen LogP contribution in [0.25, 0.3) is 64.6 Å². The van der Waals surface area contributed by atoms with E-state index in [9.17, 15) is 0 Å². The molecule has 0 aliphatic carbocycles. The molecule has 0 aliphatic rings. The topological polar surface area (TPSA) is 0 Å². The van der Waals surface area contributed by atoms with Gasteiger partial charge in [0.2, 0.25) is 0 Å². The summed E-state index contributed by atoms with van der Waals surface area (Å²) >= 11 is 6.55. The van der Waals surface area contributed by atoms with Crippen LogP contribution in [0, 0.1) is 0 Å². The molecule has 0 aromatic heterocycles. The van der Waals surface area contributed by atoms with Crippen molar-refractivity contribution in [3.63, 3.8) is 0 Å².